The second-order valence-corrected chi connectivity index (χ2v) is 7.85. The zero-order valence-corrected chi connectivity index (χ0v) is 17.8. The van der Waals surface area contributed by atoms with Gasteiger partial charge in [0.2, 0.25) is 0 Å². The van der Waals surface area contributed by atoms with Crippen molar-refractivity contribution in [2.75, 3.05) is 4.90 Å². The van der Waals surface area contributed by atoms with Gasteiger partial charge >= 0.3 is 0 Å². The quantitative estimate of drug-likeness (QED) is 0.311. The molecule has 0 aliphatic rings. The van der Waals surface area contributed by atoms with Crippen LogP contribution in [0.2, 0.25) is 0 Å². The van der Waals surface area contributed by atoms with E-state index in [9.17, 15) is 0 Å². The van der Waals surface area contributed by atoms with Crippen molar-refractivity contribution in [3.8, 4) is 0 Å². The zero-order chi connectivity index (χ0) is 20.9. The van der Waals surface area contributed by atoms with Crippen LogP contribution in [0.4, 0.5) is 17.1 Å². The summed E-state index contributed by atoms with van der Waals surface area (Å²) in [7, 11) is 0. The van der Waals surface area contributed by atoms with E-state index in [4.69, 9.17) is 0 Å². The Labute approximate surface area is 179 Å². The molecule has 0 saturated heterocycles. The Morgan fingerprint density at radius 2 is 0.933 bits per heavy atom. The fraction of sp³-hybridized carbons (Fsp3) is 0.103. The Balaban J connectivity index is 1.65. The average Bonchev–Trinajstić information content (AvgIpc) is 2.76. The molecule has 148 valence electrons. The molecule has 0 aliphatic carbocycles. The van der Waals surface area contributed by atoms with Crippen LogP contribution in [0.3, 0.4) is 0 Å². The summed E-state index contributed by atoms with van der Waals surface area (Å²) in [6.07, 6.45) is 4.33. The Kier molecular flexibility index (Phi) is 5.81. The van der Waals surface area contributed by atoms with E-state index in [0.717, 1.165) is 17.1 Å². The minimum absolute atomic E-state index is 1.15. The maximum atomic E-state index is 2.30. The molecule has 0 atom stereocenters. The van der Waals surface area contributed by atoms with Gasteiger partial charge in [0, 0.05) is 17.1 Å². The number of rotatable bonds is 5. The second-order valence-electron chi connectivity index (χ2n) is 7.85. The first-order chi connectivity index (χ1) is 14.6. The van der Waals surface area contributed by atoms with E-state index in [1.807, 2.05) is 0 Å². The normalized spacial score (nSPS) is 11.0. The van der Waals surface area contributed by atoms with Gasteiger partial charge in [0.15, 0.2) is 0 Å². The molecule has 0 fully saturated rings. The summed E-state index contributed by atoms with van der Waals surface area (Å²) in [4.78, 5) is 2.30. The van der Waals surface area contributed by atoms with Gasteiger partial charge in [-0.3, -0.25) is 0 Å². The van der Waals surface area contributed by atoms with Gasteiger partial charge in [0.05, 0.1) is 0 Å². The lowest BCUT2D eigenvalue weighted by Crippen LogP contribution is -2.09. The fourth-order valence-electron chi connectivity index (χ4n) is 3.54. The number of aryl methyl sites for hydroxylation is 3. The largest absolute Gasteiger partial charge is 0.311 e. The van der Waals surface area contributed by atoms with Crippen LogP contribution >= 0.6 is 0 Å². The first-order valence-corrected chi connectivity index (χ1v) is 10.4. The second kappa shape index (κ2) is 8.84. The first-order valence-electron chi connectivity index (χ1n) is 10.4. The SMILES string of the molecule is Cc1ccc(N(c2ccc(C)cc2)c2ccc(C=Cc3cccc(C)c3)cc2)cc1. The summed E-state index contributed by atoms with van der Waals surface area (Å²) in [6.45, 7) is 6.36. The van der Waals surface area contributed by atoms with Crippen molar-refractivity contribution in [1.29, 1.82) is 0 Å². The summed E-state index contributed by atoms with van der Waals surface area (Å²) in [5.74, 6) is 0. The predicted octanol–water partition coefficient (Wildman–Crippen LogP) is 8.25. The maximum absolute atomic E-state index is 2.30. The van der Waals surface area contributed by atoms with Crippen molar-refractivity contribution in [2.24, 2.45) is 0 Å². The summed E-state index contributed by atoms with van der Waals surface area (Å²) in [5, 5.41) is 0. The number of hydrogen-bond donors (Lipinski definition) is 0. The van der Waals surface area contributed by atoms with Gasteiger partial charge in [-0.1, -0.05) is 89.5 Å². The maximum Gasteiger partial charge on any atom is 0.0462 e. The smallest absolute Gasteiger partial charge is 0.0462 e. The zero-order valence-electron chi connectivity index (χ0n) is 17.8. The number of nitrogens with zero attached hydrogens (tertiary/aromatic N) is 1. The lowest BCUT2D eigenvalue weighted by molar-refractivity contribution is 1.27. The highest BCUT2D eigenvalue weighted by atomic mass is 15.1. The highest BCUT2D eigenvalue weighted by molar-refractivity contribution is 5.78. The molecule has 0 radical (unpaired) electrons. The van der Waals surface area contributed by atoms with E-state index in [1.54, 1.807) is 0 Å². The van der Waals surface area contributed by atoms with E-state index in [0.29, 0.717) is 0 Å². The molecule has 30 heavy (non-hydrogen) atoms. The van der Waals surface area contributed by atoms with Crippen molar-refractivity contribution >= 4 is 29.2 Å². The number of benzene rings is 4. The van der Waals surface area contributed by atoms with Gasteiger partial charge in [-0.15, -0.1) is 0 Å². The Morgan fingerprint density at radius 1 is 0.467 bits per heavy atom. The molecule has 1 heteroatoms. The van der Waals surface area contributed by atoms with E-state index in [-0.39, 0.29) is 0 Å². The molecule has 0 saturated carbocycles. The lowest BCUT2D eigenvalue weighted by Gasteiger charge is -2.25. The Hall–Kier alpha value is -3.58. The Bertz CT molecular complexity index is 1090. The monoisotopic (exact) mass is 389 g/mol. The molecular formula is C29H27N. The number of anilines is 3. The third kappa shape index (κ3) is 4.69. The molecule has 0 bridgehead atoms. The summed E-state index contributed by atoms with van der Waals surface area (Å²) >= 11 is 0. The van der Waals surface area contributed by atoms with Crippen LogP contribution in [0, 0.1) is 20.8 Å². The van der Waals surface area contributed by atoms with Crippen LogP contribution in [0.1, 0.15) is 27.8 Å². The van der Waals surface area contributed by atoms with Gasteiger partial charge in [0.1, 0.15) is 0 Å². The van der Waals surface area contributed by atoms with Crippen molar-refractivity contribution in [3.63, 3.8) is 0 Å². The lowest BCUT2D eigenvalue weighted by atomic mass is 10.1. The average molecular weight is 390 g/mol. The molecule has 1 nitrogen and oxygen atoms in total. The molecule has 0 aliphatic heterocycles. The minimum atomic E-state index is 1.15. The first kappa shape index (κ1) is 19.7. The topological polar surface area (TPSA) is 3.24 Å². The molecule has 0 heterocycles. The van der Waals surface area contributed by atoms with Gasteiger partial charge < -0.3 is 4.90 Å². The minimum Gasteiger partial charge on any atom is -0.311 e. The molecule has 4 aromatic carbocycles. The van der Waals surface area contributed by atoms with E-state index in [2.05, 4.69) is 135 Å². The molecule has 0 N–H and O–H groups in total. The molecule has 0 aromatic heterocycles. The van der Waals surface area contributed by atoms with Crippen LogP contribution in [-0.4, -0.2) is 0 Å². The van der Waals surface area contributed by atoms with Crippen LogP contribution in [0.5, 0.6) is 0 Å². The summed E-state index contributed by atoms with van der Waals surface area (Å²) in [5.41, 5.74) is 9.68. The highest BCUT2D eigenvalue weighted by Crippen LogP contribution is 2.34. The molecular weight excluding hydrogens is 362 g/mol. The van der Waals surface area contributed by atoms with Crippen LogP contribution < -0.4 is 4.90 Å². The molecule has 4 rings (SSSR count). The molecule has 0 unspecified atom stereocenters. The van der Waals surface area contributed by atoms with Crippen molar-refractivity contribution in [2.45, 2.75) is 20.8 Å². The fourth-order valence-corrected chi connectivity index (χ4v) is 3.54. The van der Waals surface area contributed by atoms with E-state index in [1.165, 1.54) is 27.8 Å². The van der Waals surface area contributed by atoms with E-state index >= 15 is 0 Å². The number of hydrogen-bond acceptors (Lipinski definition) is 1. The predicted molar refractivity (Wildman–Crippen MR) is 131 cm³/mol. The molecule has 4 aromatic rings. The molecule has 0 spiro atoms. The van der Waals surface area contributed by atoms with Crippen LogP contribution in [-0.2, 0) is 0 Å². The third-order valence-electron chi connectivity index (χ3n) is 5.25. The van der Waals surface area contributed by atoms with Crippen molar-refractivity contribution in [1.82, 2.24) is 0 Å². The van der Waals surface area contributed by atoms with E-state index < -0.39 is 0 Å². The highest BCUT2D eigenvalue weighted by Gasteiger charge is 2.12. The van der Waals surface area contributed by atoms with Gasteiger partial charge in [-0.25, -0.2) is 0 Å². The summed E-state index contributed by atoms with van der Waals surface area (Å²) < 4.78 is 0. The molecule has 0 amide bonds. The van der Waals surface area contributed by atoms with Gasteiger partial charge in [-0.2, -0.15) is 0 Å². The van der Waals surface area contributed by atoms with Crippen LogP contribution in [0.15, 0.2) is 97.1 Å². The van der Waals surface area contributed by atoms with Crippen molar-refractivity contribution in [3.05, 3.63) is 125 Å². The standard InChI is InChI=1S/C29H27N/c1-22-7-15-27(16-8-22)30(28-17-9-23(2)10-18-28)29-19-13-25(14-20-29)11-12-26-6-4-5-24(3)21-26/h4-21H,1-3H3. The third-order valence-corrected chi connectivity index (χ3v) is 5.25. The summed E-state index contributed by atoms with van der Waals surface area (Å²) in [6, 6.07) is 34.7. The van der Waals surface area contributed by atoms with Gasteiger partial charge in [-0.05, 0) is 68.3 Å². The van der Waals surface area contributed by atoms with Crippen molar-refractivity contribution < 1.29 is 0 Å². The van der Waals surface area contributed by atoms with Crippen LogP contribution in [0.25, 0.3) is 12.2 Å². The Morgan fingerprint density at radius 3 is 1.43 bits per heavy atom. The van der Waals surface area contributed by atoms with Gasteiger partial charge in [0.25, 0.3) is 0 Å².